The number of allylic oxidation sites excluding steroid dienone is 1. The molecular formula is C25H20ClFN6OS. The van der Waals surface area contributed by atoms with Crippen molar-refractivity contribution in [2.45, 2.75) is 23.9 Å². The first-order valence-electron chi connectivity index (χ1n) is 10.8. The minimum Gasteiger partial charge on any atom is -0.328 e. The second-order valence-electron chi connectivity index (χ2n) is 7.83. The summed E-state index contributed by atoms with van der Waals surface area (Å²) < 4.78 is 15.7. The van der Waals surface area contributed by atoms with Gasteiger partial charge in [0.1, 0.15) is 11.9 Å². The molecule has 1 aliphatic heterocycles. The molecule has 10 heteroatoms. The fourth-order valence-corrected chi connectivity index (χ4v) is 4.92. The molecule has 0 bridgehead atoms. The third-order valence-corrected chi connectivity index (χ3v) is 6.74. The first-order valence-corrected chi connectivity index (χ1v) is 12.1. The molecule has 1 amide bonds. The largest absolute Gasteiger partial charge is 0.328 e. The van der Waals surface area contributed by atoms with Crippen LogP contribution in [0.3, 0.4) is 0 Å². The van der Waals surface area contributed by atoms with E-state index in [1.807, 2.05) is 25.1 Å². The zero-order chi connectivity index (χ0) is 24.4. The third-order valence-electron chi connectivity index (χ3n) is 5.51. The van der Waals surface area contributed by atoms with Crippen molar-refractivity contribution in [1.82, 2.24) is 19.7 Å². The van der Waals surface area contributed by atoms with Crippen LogP contribution in [0.5, 0.6) is 0 Å². The van der Waals surface area contributed by atoms with Crippen molar-refractivity contribution in [3.63, 3.8) is 0 Å². The summed E-state index contributed by atoms with van der Waals surface area (Å²) >= 11 is 7.89. The molecular weight excluding hydrogens is 487 g/mol. The van der Waals surface area contributed by atoms with Crippen molar-refractivity contribution in [3.8, 4) is 0 Å². The van der Waals surface area contributed by atoms with E-state index in [2.05, 4.69) is 25.7 Å². The lowest BCUT2D eigenvalue weighted by Crippen LogP contribution is -2.31. The number of hydrogen-bond acceptors (Lipinski definition) is 6. The quantitative estimate of drug-likeness (QED) is 0.327. The molecule has 2 aromatic carbocycles. The average molecular weight is 507 g/mol. The van der Waals surface area contributed by atoms with Gasteiger partial charge in [0, 0.05) is 28.2 Å². The molecule has 0 radical (unpaired) electrons. The number of carbonyl (C=O) groups excluding carboxylic acids is 1. The van der Waals surface area contributed by atoms with Gasteiger partial charge in [-0.1, -0.05) is 59.8 Å². The standard InChI is InChI=1S/C25H20ClFN6OS/c1-15-21(23(34)30-17-8-6-12-28-13-17)22(18-9-3-4-10-19(18)26)33-24(29-15)31-25(32-33)35-14-16-7-2-5-11-20(16)27/h2-13,22H,14H2,1H3,(H,30,34)(H,29,31,32)/t22-/m1/s1. The predicted molar refractivity (Wildman–Crippen MR) is 135 cm³/mol. The Labute approximate surface area is 210 Å². The zero-order valence-corrected chi connectivity index (χ0v) is 20.1. The Morgan fingerprint density at radius 2 is 1.97 bits per heavy atom. The van der Waals surface area contributed by atoms with Crippen LogP contribution in [0, 0.1) is 5.82 Å². The van der Waals surface area contributed by atoms with Crippen molar-refractivity contribution >= 4 is 40.9 Å². The van der Waals surface area contributed by atoms with E-state index >= 15 is 0 Å². The fourth-order valence-electron chi connectivity index (χ4n) is 3.86. The Morgan fingerprint density at radius 1 is 1.17 bits per heavy atom. The molecule has 0 aliphatic carbocycles. The van der Waals surface area contributed by atoms with Crippen LogP contribution in [0.1, 0.15) is 24.1 Å². The summed E-state index contributed by atoms with van der Waals surface area (Å²) in [4.78, 5) is 22.1. The Bertz CT molecular complexity index is 1420. The number of anilines is 2. The van der Waals surface area contributed by atoms with E-state index in [4.69, 9.17) is 11.6 Å². The summed E-state index contributed by atoms with van der Waals surface area (Å²) in [7, 11) is 0. The molecule has 4 aromatic rings. The molecule has 35 heavy (non-hydrogen) atoms. The van der Waals surface area contributed by atoms with Crippen molar-refractivity contribution < 1.29 is 9.18 Å². The Balaban J connectivity index is 1.51. The highest BCUT2D eigenvalue weighted by atomic mass is 35.5. The van der Waals surface area contributed by atoms with Crippen LogP contribution in [-0.2, 0) is 10.5 Å². The van der Waals surface area contributed by atoms with E-state index in [-0.39, 0.29) is 11.7 Å². The van der Waals surface area contributed by atoms with E-state index in [1.54, 1.807) is 53.5 Å². The molecule has 1 atom stereocenters. The highest BCUT2D eigenvalue weighted by Crippen LogP contribution is 2.39. The molecule has 0 unspecified atom stereocenters. The topological polar surface area (TPSA) is 84.7 Å². The lowest BCUT2D eigenvalue weighted by Gasteiger charge is -2.29. The number of carbonyl (C=O) groups is 1. The van der Waals surface area contributed by atoms with E-state index in [1.165, 1.54) is 17.8 Å². The van der Waals surface area contributed by atoms with Crippen LogP contribution in [0.25, 0.3) is 0 Å². The molecule has 7 nitrogen and oxygen atoms in total. The number of halogens is 2. The second kappa shape index (κ2) is 9.89. The number of amides is 1. The lowest BCUT2D eigenvalue weighted by molar-refractivity contribution is -0.113. The SMILES string of the molecule is CC1=C(C(=O)Nc2cccnc2)[C@@H](c2ccccc2Cl)n2nc(SCc3ccccc3F)nc2N1. The molecule has 0 saturated heterocycles. The van der Waals surface area contributed by atoms with Gasteiger partial charge in [-0.2, -0.15) is 4.98 Å². The maximum atomic E-state index is 14.1. The van der Waals surface area contributed by atoms with Gasteiger partial charge in [-0.3, -0.25) is 9.78 Å². The monoisotopic (exact) mass is 506 g/mol. The number of aromatic nitrogens is 4. The van der Waals surface area contributed by atoms with Gasteiger partial charge in [0.15, 0.2) is 0 Å². The number of fused-ring (bicyclic) bond motifs is 1. The average Bonchev–Trinajstić information content (AvgIpc) is 3.26. The highest BCUT2D eigenvalue weighted by molar-refractivity contribution is 7.98. The Kier molecular flexibility index (Phi) is 6.52. The number of nitrogens with zero attached hydrogens (tertiary/aromatic N) is 4. The molecule has 0 saturated carbocycles. The summed E-state index contributed by atoms with van der Waals surface area (Å²) in [6.45, 7) is 1.81. The van der Waals surface area contributed by atoms with Gasteiger partial charge in [0.2, 0.25) is 11.1 Å². The molecule has 176 valence electrons. The van der Waals surface area contributed by atoms with Gasteiger partial charge in [0.25, 0.3) is 5.91 Å². The van der Waals surface area contributed by atoms with Crippen LogP contribution in [-0.4, -0.2) is 25.7 Å². The van der Waals surface area contributed by atoms with Crippen LogP contribution >= 0.6 is 23.4 Å². The van der Waals surface area contributed by atoms with Gasteiger partial charge in [-0.25, -0.2) is 9.07 Å². The van der Waals surface area contributed by atoms with Crippen LogP contribution in [0.2, 0.25) is 5.02 Å². The second-order valence-corrected chi connectivity index (χ2v) is 9.18. The molecule has 5 rings (SSSR count). The number of hydrogen-bond donors (Lipinski definition) is 2. The minimum atomic E-state index is -0.619. The molecule has 1 aliphatic rings. The number of benzene rings is 2. The maximum absolute atomic E-state index is 14.1. The zero-order valence-electron chi connectivity index (χ0n) is 18.6. The van der Waals surface area contributed by atoms with Gasteiger partial charge in [0.05, 0.1) is 17.5 Å². The summed E-state index contributed by atoms with van der Waals surface area (Å²) in [5.74, 6) is 0.257. The minimum absolute atomic E-state index is 0.275. The van der Waals surface area contributed by atoms with Crippen LogP contribution in [0.15, 0.2) is 89.5 Å². The first kappa shape index (κ1) is 23.1. The van der Waals surface area contributed by atoms with Gasteiger partial charge in [-0.15, -0.1) is 5.10 Å². The third kappa shape index (κ3) is 4.78. The summed E-state index contributed by atoms with van der Waals surface area (Å²) in [6, 6.07) is 16.8. The van der Waals surface area contributed by atoms with Crippen molar-refractivity contribution in [2.75, 3.05) is 10.6 Å². The lowest BCUT2D eigenvalue weighted by atomic mass is 9.95. The number of pyridine rings is 1. The number of nitrogens with one attached hydrogen (secondary N) is 2. The van der Waals surface area contributed by atoms with Gasteiger partial charge in [-0.05, 0) is 36.8 Å². The maximum Gasteiger partial charge on any atom is 0.255 e. The van der Waals surface area contributed by atoms with E-state index in [0.717, 1.165) is 0 Å². The Hall–Kier alpha value is -3.69. The fraction of sp³-hybridized carbons (Fsp3) is 0.120. The van der Waals surface area contributed by atoms with E-state index < -0.39 is 6.04 Å². The molecule has 0 fully saturated rings. The summed E-state index contributed by atoms with van der Waals surface area (Å²) in [6.07, 6.45) is 3.21. The summed E-state index contributed by atoms with van der Waals surface area (Å²) in [5.41, 5.74) is 2.92. The van der Waals surface area contributed by atoms with Crippen molar-refractivity contribution in [3.05, 3.63) is 106 Å². The number of thioether (sulfide) groups is 1. The van der Waals surface area contributed by atoms with Crippen LogP contribution in [0.4, 0.5) is 16.0 Å². The Morgan fingerprint density at radius 3 is 2.74 bits per heavy atom. The van der Waals surface area contributed by atoms with Gasteiger partial charge >= 0.3 is 0 Å². The van der Waals surface area contributed by atoms with Crippen molar-refractivity contribution in [1.29, 1.82) is 0 Å². The predicted octanol–water partition coefficient (Wildman–Crippen LogP) is 5.69. The first-order chi connectivity index (χ1) is 17.0. The van der Waals surface area contributed by atoms with Gasteiger partial charge < -0.3 is 10.6 Å². The number of rotatable bonds is 6. The normalized spacial score (nSPS) is 14.9. The highest BCUT2D eigenvalue weighted by Gasteiger charge is 2.35. The summed E-state index contributed by atoms with van der Waals surface area (Å²) in [5, 5.41) is 11.7. The molecule has 3 heterocycles. The van der Waals surface area contributed by atoms with Crippen molar-refractivity contribution in [2.24, 2.45) is 0 Å². The smallest absolute Gasteiger partial charge is 0.255 e. The molecule has 2 aromatic heterocycles. The van der Waals surface area contributed by atoms with Crippen LogP contribution < -0.4 is 10.6 Å². The molecule has 0 spiro atoms. The van der Waals surface area contributed by atoms with E-state index in [0.29, 0.717) is 50.0 Å². The van der Waals surface area contributed by atoms with E-state index in [9.17, 15) is 9.18 Å². The molecule has 2 N–H and O–H groups in total.